The number of nitrogens with zero attached hydrogens (tertiary/aromatic N) is 2. The van der Waals surface area contributed by atoms with E-state index in [-0.39, 0.29) is 23.5 Å². The van der Waals surface area contributed by atoms with E-state index in [1.807, 2.05) is 38.2 Å². The molecule has 0 radical (unpaired) electrons. The summed E-state index contributed by atoms with van der Waals surface area (Å²) in [4.78, 5) is 24.6. The van der Waals surface area contributed by atoms with Crippen LogP contribution in [0.2, 0.25) is 5.02 Å². The van der Waals surface area contributed by atoms with Gasteiger partial charge >= 0.3 is 0 Å². The van der Waals surface area contributed by atoms with Crippen LogP contribution in [0.3, 0.4) is 0 Å². The van der Waals surface area contributed by atoms with E-state index in [1.54, 1.807) is 6.07 Å². The molecule has 0 saturated heterocycles. The fourth-order valence-corrected chi connectivity index (χ4v) is 12.0. The van der Waals surface area contributed by atoms with E-state index >= 15 is 0 Å². The Morgan fingerprint density at radius 1 is 1.07 bits per heavy atom. The van der Waals surface area contributed by atoms with Crippen molar-refractivity contribution < 1.29 is 28.0 Å². The molecular formula is C44H53ClN2O6S. The van der Waals surface area contributed by atoms with Crippen molar-refractivity contribution >= 4 is 39.7 Å². The molecule has 3 aromatic carbocycles. The minimum atomic E-state index is -2.90. The predicted octanol–water partition coefficient (Wildman–Crippen LogP) is 8.41. The van der Waals surface area contributed by atoms with Crippen LogP contribution in [-0.4, -0.2) is 67.4 Å². The van der Waals surface area contributed by atoms with E-state index in [1.165, 1.54) is 22.3 Å². The molecule has 3 aromatic rings. The summed E-state index contributed by atoms with van der Waals surface area (Å²) in [6.07, 6.45) is 11.8. The number of ether oxygens (including phenoxy) is 3. The van der Waals surface area contributed by atoms with Gasteiger partial charge in [0.1, 0.15) is 12.5 Å². The molecule has 0 unspecified atom stereocenters. The zero-order valence-electron chi connectivity index (χ0n) is 31.6. The number of amides is 1. The highest BCUT2D eigenvalue weighted by Gasteiger charge is 2.44. The van der Waals surface area contributed by atoms with E-state index in [0.29, 0.717) is 48.5 Å². The molecule has 10 heteroatoms. The lowest BCUT2D eigenvalue weighted by molar-refractivity contribution is -0.0980. The summed E-state index contributed by atoms with van der Waals surface area (Å²) in [5.74, 6) is 1.94. The molecule has 5 aliphatic rings. The molecule has 3 heterocycles. The number of hydrogen-bond acceptors (Lipinski definition) is 7. The first-order valence-electron chi connectivity index (χ1n) is 19.5. The number of carbonyl (C=O) groups is 2. The van der Waals surface area contributed by atoms with Crippen molar-refractivity contribution in [3.05, 3.63) is 106 Å². The van der Waals surface area contributed by atoms with Gasteiger partial charge in [-0.05, 0) is 122 Å². The summed E-state index contributed by atoms with van der Waals surface area (Å²) in [6, 6.07) is 20.4. The number of aryl methyl sites for hydroxylation is 1. The third-order valence-electron chi connectivity index (χ3n) is 12.4. The molecule has 288 valence electrons. The van der Waals surface area contributed by atoms with E-state index in [4.69, 9.17) is 30.6 Å². The molecule has 0 aromatic heterocycles. The number of benzene rings is 3. The summed E-state index contributed by atoms with van der Waals surface area (Å²) in [5.41, 5.74) is 6.26. The monoisotopic (exact) mass is 772 g/mol. The van der Waals surface area contributed by atoms with E-state index in [0.717, 1.165) is 74.5 Å². The lowest BCUT2D eigenvalue weighted by Crippen LogP contribution is -2.49. The van der Waals surface area contributed by atoms with Crippen molar-refractivity contribution in [3.8, 4) is 5.75 Å². The zero-order valence-corrected chi connectivity index (χ0v) is 33.1. The Morgan fingerprint density at radius 2 is 1.91 bits per heavy atom. The molecule has 1 saturated carbocycles. The average molecular weight is 773 g/mol. The fourth-order valence-electron chi connectivity index (χ4n) is 9.42. The van der Waals surface area contributed by atoms with Crippen LogP contribution in [0.1, 0.15) is 78.1 Å². The number of fused-ring (bicyclic) bond motifs is 5. The molecule has 2 bridgehead atoms. The molecule has 1 amide bonds. The number of hydrogen-bond donors (Lipinski definition) is 0. The third kappa shape index (κ3) is 8.20. The molecule has 7 atom stereocenters. The lowest BCUT2D eigenvalue weighted by Gasteiger charge is -2.46. The quantitative estimate of drug-likeness (QED) is 0.246. The largest absolute Gasteiger partial charge is 0.490 e. The van der Waals surface area contributed by atoms with Gasteiger partial charge in [-0.25, -0.2) is 4.21 Å². The van der Waals surface area contributed by atoms with Crippen molar-refractivity contribution in [1.29, 1.82) is 0 Å². The highest BCUT2D eigenvalue weighted by molar-refractivity contribution is 7.93. The van der Waals surface area contributed by atoms with Crippen LogP contribution in [-0.2, 0) is 48.9 Å². The predicted molar refractivity (Wildman–Crippen MR) is 215 cm³/mol. The Morgan fingerprint density at radius 3 is 2.70 bits per heavy atom. The molecule has 2 aliphatic carbocycles. The first-order chi connectivity index (χ1) is 26.2. The first kappa shape index (κ1) is 38.8. The van der Waals surface area contributed by atoms with Gasteiger partial charge in [-0.2, -0.15) is 4.36 Å². The molecule has 54 heavy (non-hydrogen) atoms. The van der Waals surface area contributed by atoms with Crippen molar-refractivity contribution in [3.63, 3.8) is 0 Å². The minimum Gasteiger partial charge on any atom is -0.490 e. The number of allylic oxidation sites excluding steroid dienone is 1. The van der Waals surface area contributed by atoms with Gasteiger partial charge < -0.3 is 23.9 Å². The van der Waals surface area contributed by atoms with Crippen molar-refractivity contribution in [1.82, 2.24) is 0 Å². The molecule has 1 spiro atoms. The highest BCUT2D eigenvalue weighted by atomic mass is 35.5. The maximum absolute atomic E-state index is 14.8. The van der Waals surface area contributed by atoms with Gasteiger partial charge in [0.2, 0.25) is 0 Å². The van der Waals surface area contributed by atoms with Gasteiger partial charge in [-0.3, -0.25) is 4.79 Å². The number of methoxy groups -OCH3 is 1. The molecule has 8 nitrogen and oxygen atoms in total. The second kappa shape index (κ2) is 16.7. The second-order valence-electron chi connectivity index (χ2n) is 16.0. The van der Waals surface area contributed by atoms with E-state index in [9.17, 15) is 9.00 Å². The molecule has 0 N–H and O–H groups in total. The Hall–Kier alpha value is -3.50. The summed E-state index contributed by atoms with van der Waals surface area (Å²) in [7, 11) is -1.08. The fraction of sp³-hybridized carbons (Fsp3) is 0.500. The smallest absolute Gasteiger partial charge is 0.285 e. The normalized spacial score (nSPS) is 31.1. The Balaban J connectivity index is 0.00000221. The molecule has 3 aliphatic heterocycles. The Bertz CT molecular complexity index is 1990. The Kier molecular flexibility index (Phi) is 12.0. The summed E-state index contributed by atoms with van der Waals surface area (Å²) < 4.78 is 38.5. The van der Waals surface area contributed by atoms with Crippen LogP contribution >= 0.6 is 11.6 Å². The minimum absolute atomic E-state index is 0.0151. The maximum atomic E-state index is 14.8. The number of carbonyl (C=O) groups excluding carboxylic acids is 2. The van der Waals surface area contributed by atoms with Crippen LogP contribution in [0.15, 0.2) is 77.2 Å². The van der Waals surface area contributed by atoms with Crippen LogP contribution < -0.4 is 9.64 Å². The first-order valence-corrected chi connectivity index (χ1v) is 21.7. The van der Waals surface area contributed by atoms with Crippen molar-refractivity contribution in [2.75, 3.05) is 43.2 Å². The topological polar surface area (TPSA) is 94.5 Å². The standard InChI is InChI=1S/C43H51ClN2O5S.CH2O/c1-29-7-5-11-40(49-2)37-15-12-33(37)24-46-27-43(19-6-10-31-21-35(44)14-16-38(31)43)28-51-41-17-13-32(23-39(41)46)42(47)45-52(48,26-29)20-18-36-22-30-8-3-4-9-34(30)25-50-36;1-2/h3-5,8-9,11,13-14,16-17,21,23,29,33,36-37,40H,6-7,10,12,15,18-20,22,24-28H2,1-2H3;1H2/b11-5+;/t29-,33-,36-,37+,40-,43-,52-;/m0./s1. The highest BCUT2D eigenvalue weighted by Crippen LogP contribution is 2.47. The van der Waals surface area contributed by atoms with Crippen molar-refractivity contribution in [2.45, 2.75) is 82.5 Å². The van der Waals surface area contributed by atoms with Crippen LogP contribution in [0.5, 0.6) is 5.75 Å². The Labute approximate surface area is 325 Å². The second-order valence-corrected chi connectivity index (χ2v) is 18.9. The lowest BCUT2D eigenvalue weighted by atomic mass is 9.68. The summed E-state index contributed by atoms with van der Waals surface area (Å²) in [5, 5.41) is 0.768. The molecule has 1 fully saturated rings. The van der Waals surface area contributed by atoms with Gasteiger partial charge in [0, 0.05) is 47.7 Å². The van der Waals surface area contributed by atoms with E-state index in [2.05, 4.69) is 58.7 Å². The van der Waals surface area contributed by atoms with Gasteiger partial charge in [0.25, 0.3) is 5.91 Å². The number of anilines is 1. The van der Waals surface area contributed by atoms with Gasteiger partial charge in [0.15, 0.2) is 0 Å². The van der Waals surface area contributed by atoms with Crippen LogP contribution in [0.4, 0.5) is 5.69 Å². The average Bonchev–Trinajstić information content (AvgIpc) is 3.32. The SMILES string of the molecule is C=O.CO[C@H]1/C=C/C[C@H](C)C[S@@](=O)(CC[C@H]2Cc3ccccc3CO2)=NC(=O)c2ccc3c(c2)N(C[C@@H]2CC[C@H]21)C[C@@]1(CCCc2cc(Cl)ccc21)CO3. The van der Waals surface area contributed by atoms with Gasteiger partial charge in [-0.1, -0.05) is 61.0 Å². The van der Waals surface area contributed by atoms with Gasteiger partial charge in [-0.15, -0.1) is 0 Å². The molecular weight excluding hydrogens is 720 g/mol. The molecule has 8 rings (SSSR count). The summed E-state index contributed by atoms with van der Waals surface area (Å²) in [6.45, 7) is 6.83. The van der Waals surface area contributed by atoms with Crippen LogP contribution in [0.25, 0.3) is 0 Å². The maximum Gasteiger partial charge on any atom is 0.285 e. The number of halogens is 1. The third-order valence-corrected chi connectivity index (χ3v) is 15.1. The van der Waals surface area contributed by atoms with Crippen LogP contribution in [0, 0.1) is 17.8 Å². The zero-order chi connectivity index (χ0) is 37.9. The summed E-state index contributed by atoms with van der Waals surface area (Å²) >= 11 is 6.48. The number of rotatable bonds is 4. The van der Waals surface area contributed by atoms with E-state index < -0.39 is 15.6 Å². The van der Waals surface area contributed by atoms with Gasteiger partial charge in [0.05, 0.1) is 40.8 Å². The van der Waals surface area contributed by atoms with Crippen molar-refractivity contribution in [2.24, 2.45) is 22.1 Å².